The fraction of sp³-hybridized carbons (Fsp3) is 0.278. The second-order valence-corrected chi connectivity index (χ2v) is 5.80. The van der Waals surface area contributed by atoms with Crippen LogP contribution in [0, 0.1) is 0 Å². The van der Waals surface area contributed by atoms with Crippen molar-refractivity contribution < 1.29 is 22.7 Å². The van der Waals surface area contributed by atoms with E-state index in [4.69, 9.17) is 10.5 Å². The van der Waals surface area contributed by atoms with Gasteiger partial charge in [0.05, 0.1) is 18.7 Å². The minimum Gasteiger partial charge on any atom is -0.459 e. The number of carbonyl (C=O) groups excluding carboxylic acids is 1. The maximum absolute atomic E-state index is 12.8. The molecule has 1 atom stereocenters. The van der Waals surface area contributed by atoms with Crippen LogP contribution in [-0.2, 0) is 22.1 Å². The lowest BCUT2D eigenvalue weighted by Gasteiger charge is -2.35. The predicted molar refractivity (Wildman–Crippen MR) is 87.5 cm³/mol. The van der Waals surface area contributed by atoms with E-state index in [1.165, 1.54) is 12.1 Å². The maximum Gasteiger partial charge on any atom is 0.416 e. The minimum atomic E-state index is -4.38. The van der Waals surface area contributed by atoms with Crippen molar-refractivity contribution >= 4 is 17.3 Å². The summed E-state index contributed by atoms with van der Waals surface area (Å²) in [6.07, 6.45) is -4.25. The number of rotatable bonds is 3. The zero-order valence-electron chi connectivity index (χ0n) is 13.3. The Bertz CT molecular complexity index is 760. The number of ether oxygens (including phenoxy) is 1. The molecule has 3 rings (SSSR count). The first-order valence-corrected chi connectivity index (χ1v) is 7.80. The van der Waals surface area contributed by atoms with Crippen molar-refractivity contribution in [3.63, 3.8) is 0 Å². The van der Waals surface area contributed by atoms with Gasteiger partial charge < -0.3 is 15.4 Å². The van der Waals surface area contributed by atoms with Crippen molar-refractivity contribution in [1.29, 1.82) is 0 Å². The van der Waals surface area contributed by atoms with E-state index in [0.717, 1.165) is 23.4 Å². The van der Waals surface area contributed by atoms with E-state index >= 15 is 0 Å². The highest BCUT2D eigenvalue weighted by Gasteiger charge is 2.31. The molecule has 1 aliphatic rings. The van der Waals surface area contributed by atoms with Gasteiger partial charge in [0.2, 0.25) is 0 Å². The molecular formula is C18H17F3N2O2. The van der Waals surface area contributed by atoms with Gasteiger partial charge in [0.1, 0.15) is 6.10 Å². The van der Waals surface area contributed by atoms with E-state index in [9.17, 15) is 18.0 Å². The third-order valence-corrected chi connectivity index (χ3v) is 4.09. The summed E-state index contributed by atoms with van der Waals surface area (Å²) in [5.74, 6) is -0.503. The maximum atomic E-state index is 12.8. The number of esters is 1. The topological polar surface area (TPSA) is 55.6 Å². The van der Waals surface area contributed by atoms with Gasteiger partial charge in [-0.3, -0.25) is 4.79 Å². The second kappa shape index (κ2) is 6.76. The minimum absolute atomic E-state index is 0.210. The van der Waals surface area contributed by atoms with Crippen molar-refractivity contribution in [3.8, 4) is 0 Å². The number of anilines is 2. The van der Waals surface area contributed by atoms with Gasteiger partial charge in [-0.2, -0.15) is 13.2 Å². The van der Waals surface area contributed by atoms with Crippen LogP contribution in [0.5, 0.6) is 0 Å². The summed E-state index contributed by atoms with van der Waals surface area (Å²) >= 11 is 0. The molecule has 1 aliphatic heterocycles. The number of halogens is 3. The smallest absolute Gasteiger partial charge is 0.416 e. The Labute approximate surface area is 143 Å². The van der Waals surface area contributed by atoms with E-state index in [1.54, 1.807) is 0 Å². The SMILES string of the molecule is NCC(=O)OC1Cc2ccccc2N(c2ccc(C(F)(F)F)cc2)C1. The predicted octanol–water partition coefficient (Wildman–Crippen LogP) is 3.27. The first kappa shape index (κ1) is 17.3. The normalized spacial score (nSPS) is 17.1. The lowest BCUT2D eigenvalue weighted by molar-refractivity contribution is -0.146. The fourth-order valence-corrected chi connectivity index (χ4v) is 2.95. The number of benzene rings is 2. The molecule has 7 heteroatoms. The van der Waals surface area contributed by atoms with Crippen molar-refractivity contribution in [2.45, 2.75) is 18.7 Å². The lowest BCUT2D eigenvalue weighted by atomic mass is 9.98. The van der Waals surface area contributed by atoms with E-state index in [-0.39, 0.29) is 6.54 Å². The summed E-state index contributed by atoms with van der Waals surface area (Å²) in [6.45, 7) is 0.145. The molecular weight excluding hydrogens is 333 g/mol. The molecule has 1 heterocycles. The van der Waals surface area contributed by atoms with Crippen LogP contribution in [0.3, 0.4) is 0 Å². The molecule has 0 amide bonds. The zero-order chi connectivity index (χ0) is 18.0. The number of carbonyl (C=O) groups is 1. The molecule has 2 N–H and O–H groups in total. The summed E-state index contributed by atoms with van der Waals surface area (Å²) in [7, 11) is 0. The van der Waals surface area contributed by atoms with Crippen LogP contribution in [0.4, 0.5) is 24.5 Å². The van der Waals surface area contributed by atoms with Crippen molar-refractivity contribution in [2.24, 2.45) is 5.73 Å². The Kier molecular flexibility index (Phi) is 4.67. The van der Waals surface area contributed by atoms with Crippen molar-refractivity contribution in [2.75, 3.05) is 18.0 Å². The molecule has 1 unspecified atom stereocenters. The number of para-hydroxylation sites is 1. The third-order valence-electron chi connectivity index (χ3n) is 4.09. The molecule has 2 aromatic rings. The highest BCUT2D eigenvalue weighted by Crippen LogP contribution is 2.36. The van der Waals surface area contributed by atoms with Crippen LogP contribution in [0.15, 0.2) is 48.5 Å². The summed E-state index contributed by atoms with van der Waals surface area (Å²) in [5.41, 5.74) is 7.05. The van der Waals surface area contributed by atoms with E-state index in [1.807, 2.05) is 29.2 Å². The Morgan fingerprint density at radius 2 is 1.84 bits per heavy atom. The van der Waals surface area contributed by atoms with Gasteiger partial charge in [0, 0.05) is 17.8 Å². The van der Waals surface area contributed by atoms with Gasteiger partial charge in [-0.1, -0.05) is 18.2 Å². The molecule has 0 aromatic heterocycles. The summed E-state index contributed by atoms with van der Waals surface area (Å²) in [6, 6.07) is 12.5. The molecule has 0 saturated heterocycles. The first-order chi connectivity index (χ1) is 11.9. The summed E-state index contributed by atoms with van der Waals surface area (Å²) in [5, 5.41) is 0. The quantitative estimate of drug-likeness (QED) is 0.864. The average molecular weight is 350 g/mol. The van der Waals surface area contributed by atoms with Crippen LogP contribution < -0.4 is 10.6 Å². The number of nitrogens with two attached hydrogens (primary N) is 1. The van der Waals surface area contributed by atoms with Crippen LogP contribution in [0.2, 0.25) is 0 Å². The van der Waals surface area contributed by atoms with Gasteiger partial charge in [0.25, 0.3) is 0 Å². The number of fused-ring (bicyclic) bond motifs is 1. The Morgan fingerprint density at radius 3 is 2.48 bits per heavy atom. The monoisotopic (exact) mass is 350 g/mol. The Balaban J connectivity index is 1.92. The molecule has 0 bridgehead atoms. The molecule has 0 radical (unpaired) electrons. The van der Waals surface area contributed by atoms with Gasteiger partial charge >= 0.3 is 12.1 Å². The molecule has 0 aliphatic carbocycles. The standard InChI is InChI=1S/C18H17F3N2O2/c19-18(20,21)13-5-7-14(8-6-13)23-11-15(25-17(24)10-22)9-12-3-1-2-4-16(12)23/h1-8,15H,9-11,22H2. The largest absolute Gasteiger partial charge is 0.459 e. The molecule has 0 fully saturated rings. The van der Waals surface area contributed by atoms with Gasteiger partial charge in [-0.25, -0.2) is 0 Å². The van der Waals surface area contributed by atoms with Crippen LogP contribution in [0.25, 0.3) is 0 Å². The highest BCUT2D eigenvalue weighted by atomic mass is 19.4. The van der Waals surface area contributed by atoms with E-state index in [0.29, 0.717) is 18.7 Å². The number of nitrogens with zero attached hydrogens (tertiary/aromatic N) is 1. The molecule has 132 valence electrons. The van der Waals surface area contributed by atoms with Gasteiger partial charge in [-0.05, 0) is 35.9 Å². The summed E-state index contributed by atoms with van der Waals surface area (Å²) in [4.78, 5) is 13.4. The number of hydrogen-bond donors (Lipinski definition) is 1. The van der Waals surface area contributed by atoms with Crippen LogP contribution in [-0.4, -0.2) is 25.2 Å². The molecule has 4 nitrogen and oxygen atoms in total. The molecule has 25 heavy (non-hydrogen) atoms. The Morgan fingerprint density at radius 1 is 1.16 bits per heavy atom. The fourth-order valence-electron chi connectivity index (χ4n) is 2.95. The van der Waals surface area contributed by atoms with Crippen LogP contribution >= 0.6 is 0 Å². The average Bonchev–Trinajstić information content (AvgIpc) is 2.60. The first-order valence-electron chi connectivity index (χ1n) is 7.80. The summed E-state index contributed by atoms with van der Waals surface area (Å²) < 4.78 is 43.6. The van der Waals surface area contributed by atoms with Crippen molar-refractivity contribution in [3.05, 3.63) is 59.7 Å². The Hall–Kier alpha value is -2.54. The lowest BCUT2D eigenvalue weighted by Crippen LogP contribution is -2.39. The van der Waals surface area contributed by atoms with Crippen LogP contribution in [0.1, 0.15) is 11.1 Å². The zero-order valence-corrected chi connectivity index (χ0v) is 13.3. The molecule has 0 saturated carbocycles. The van der Waals surface area contributed by atoms with Gasteiger partial charge in [0.15, 0.2) is 0 Å². The second-order valence-electron chi connectivity index (χ2n) is 5.80. The van der Waals surface area contributed by atoms with E-state index < -0.39 is 23.8 Å². The van der Waals surface area contributed by atoms with Crippen molar-refractivity contribution in [1.82, 2.24) is 0 Å². The molecule has 0 spiro atoms. The number of hydrogen-bond acceptors (Lipinski definition) is 4. The van der Waals surface area contributed by atoms with Gasteiger partial charge in [-0.15, -0.1) is 0 Å². The van der Waals surface area contributed by atoms with E-state index in [2.05, 4.69) is 0 Å². The molecule has 2 aromatic carbocycles. The number of alkyl halides is 3. The third kappa shape index (κ3) is 3.76. The highest BCUT2D eigenvalue weighted by molar-refractivity contribution is 5.73.